The molecule has 0 radical (unpaired) electrons. The fraction of sp³-hybridized carbons (Fsp3) is 0.211. The predicted octanol–water partition coefficient (Wildman–Crippen LogP) is 6.35. The number of allylic oxidation sites excluding steroid dienone is 1. The summed E-state index contributed by atoms with van der Waals surface area (Å²) in [5.74, 6) is -1.09. The van der Waals surface area contributed by atoms with Gasteiger partial charge in [0, 0.05) is 10.7 Å². The lowest BCUT2D eigenvalue weighted by molar-refractivity contribution is -0.116. The number of hydrogen-bond donors (Lipinski definition) is 2. The average molecular weight is 598 g/mol. The van der Waals surface area contributed by atoms with Crippen LogP contribution in [0.1, 0.15) is 5.56 Å². The van der Waals surface area contributed by atoms with Crippen LogP contribution in [0, 0.1) is 6.92 Å². The number of nitrogens with one attached hydrogen (secondary N) is 2. The molecule has 5 nitrogen and oxygen atoms in total. The number of carbonyl (C=O) groups excluding carboxylic acids is 1. The van der Waals surface area contributed by atoms with Crippen LogP contribution in [-0.2, 0) is 14.8 Å². The van der Waals surface area contributed by atoms with Crippen molar-refractivity contribution < 1.29 is 13.2 Å². The van der Waals surface area contributed by atoms with Crippen LogP contribution in [0.5, 0.6) is 0 Å². The van der Waals surface area contributed by atoms with Gasteiger partial charge in [0.05, 0.1) is 9.93 Å². The largest absolute Gasteiger partial charge is 0.359 e. The molecular weight excluding hydrogens is 584 g/mol. The SMILES string of the molecule is Cc1ccc(NC2(NS(=O)(=O)c3ccc(Cl)cc3)C(Cl)=C(Cl)C(=O)C(Cl)(Cl)C2(Cl)Cl)cc1. The summed E-state index contributed by atoms with van der Waals surface area (Å²) < 4.78 is 23.7. The van der Waals surface area contributed by atoms with Crippen LogP contribution in [0.15, 0.2) is 63.5 Å². The molecule has 0 bridgehead atoms. The molecule has 3 rings (SSSR count). The molecule has 2 aromatic carbocycles. The highest BCUT2D eigenvalue weighted by atomic mass is 35.5. The van der Waals surface area contributed by atoms with Crippen molar-refractivity contribution in [2.75, 3.05) is 5.32 Å². The first-order valence-electron chi connectivity index (χ1n) is 8.66. The number of hydrogen-bond acceptors (Lipinski definition) is 4. The Balaban J connectivity index is 2.27. The standard InChI is InChI=1S/C19H13Cl7N2O3S/c1-10-2-6-12(7-3-10)27-18(28-32(30,31)13-8-4-11(20)5-9-13)15(22)14(21)16(29)17(23,24)19(18,25)26/h2-9,27-28H,1H3. The first kappa shape index (κ1) is 26.2. The van der Waals surface area contributed by atoms with Gasteiger partial charge in [0.15, 0.2) is 5.66 Å². The van der Waals surface area contributed by atoms with E-state index in [1.54, 1.807) is 24.3 Å². The molecular formula is C19H13Cl7N2O3S. The van der Waals surface area contributed by atoms with Crippen LogP contribution in [0.3, 0.4) is 0 Å². The number of anilines is 1. The topological polar surface area (TPSA) is 75.3 Å². The lowest BCUT2D eigenvalue weighted by atomic mass is 9.92. The zero-order valence-corrected chi connectivity index (χ0v) is 22.0. The van der Waals surface area contributed by atoms with Crippen LogP contribution in [0.2, 0.25) is 5.02 Å². The Labute approximate surface area is 219 Å². The highest BCUT2D eigenvalue weighted by Gasteiger charge is 2.71. The molecule has 0 amide bonds. The second-order valence-corrected chi connectivity index (χ2v) is 12.4. The lowest BCUT2D eigenvalue weighted by Gasteiger charge is -2.50. The van der Waals surface area contributed by atoms with Crippen LogP contribution in [-0.4, -0.2) is 28.5 Å². The van der Waals surface area contributed by atoms with E-state index in [-0.39, 0.29) is 4.90 Å². The van der Waals surface area contributed by atoms with Crippen LogP contribution < -0.4 is 10.0 Å². The Hall–Kier alpha value is -0.410. The molecule has 1 unspecified atom stereocenters. The molecule has 0 saturated carbocycles. The molecule has 1 atom stereocenters. The summed E-state index contributed by atoms with van der Waals surface area (Å²) in [5, 5.41) is 1.94. The minimum Gasteiger partial charge on any atom is -0.359 e. The van der Waals surface area contributed by atoms with E-state index in [2.05, 4.69) is 10.0 Å². The maximum atomic E-state index is 13.3. The summed E-state index contributed by atoms with van der Waals surface area (Å²) in [6.07, 6.45) is 0. The Morgan fingerprint density at radius 2 is 1.38 bits per heavy atom. The zero-order chi connectivity index (χ0) is 24.1. The van der Waals surface area contributed by atoms with Crippen molar-refractivity contribution in [2.45, 2.75) is 26.1 Å². The summed E-state index contributed by atoms with van der Waals surface area (Å²) in [6.45, 7) is 1.85. The molecule has 0 aliphatic heterocycles. The highest BCUT2D eigenvalue weighted by Crippen LogP contribution is 2.58. The Morgan fingerprint density at radius 1 is 0.844 bits per heavy atom. The number of carbonyl (C=O) groups is 1. The van der Waals surface area contributed by atoms with Gasteiger partial charge in [-0.05, 0) is 43.3 Å². The van der Waals surface area contributed by atoms with Gasteiger partial charge >= 0.3 is 0 Å². The third kappa shape index (κ3) is 4.35. The van der Waals surface area contributed by atoms with Gasteiger partial charge in [0.25, 0.3) is 0 Å². The van der Waals surface area contributed by atoms with Crippen LogP contribution in [0.4, 0.5) is 5.69 Å². The molecule has 32 heavy (non-hydrogen) atoms. The van der Waals surface area contributed by atoms with Gasteiger partial charge in [-0.15, -0.1) is 0 Å². The third-order valence-electron chi connectivity index (χ3n) is 4.67. The van der Waals surface area contributed by atoms with Crippen molar-refractivity contribution in [3.8, 4) is 0 Å². The first-order valence-corrected chi connectivity index (χ1v) is 12.8. The summed E-state index contributed by atoms with van der Waals surface area (Å²) in [7, 11) is -4.40. The number of benzene rings is 2. The Morgan fingerprint density at radius 3 is 1.91 bits per heavy atom. The highest BCUT2D eigenvalue weighted by molar-refractivity contribution is 7.89. The number of Topliss-reactive ketones (excluding diaryl/α,β-unsaturated/α-hetero) is 1. The monoisotopic (exact) mass is 594 g/mol. The quantitative estimate of drug-likeness (QED) is 0.311. The summed E-state index contributed by atoms with van der Waals surface area (Å²) in [4.78, 5) is 12.4. The maximum Gasteiger partial charge on any atom is 0.242 e. The van der Waals surface area contributed by atoms with Crippen molar-refractivity contribution >= 4 is 103 Å². The van der Waals surface area contributed by atoms with Crippen molar-refractivity contribution in [1.82, 2.24) is 4.72 Å². The van der Waals surface area contributed by atoms with E-state index in [1.165, 1.54) is 24.3 Å². The van der Waals surface area contributed by atoms with E-state index in [1.807, 2.05) is 6.92 Å². The van der Waals surface area contributed by atoms with Gasteiger partial charge in [-0.3, -0.25) is 4.79 Å². The van der Waals surface area contributed by atoms with Crippen LogP contribution in [0.25, 0.3) is 0 Å². The van der Waals surface area contributed by atoms with E-state index in [0.717, 1.165) is 5.56 Å². The van der Waals surface area contributed by atoms with E-state index in [4.69, 9.17) is 81.2 Å². The van der Waals surface area contributed by atoms with Gasteiger partial charge in [-0.25, -0.2) is 8.42 Å². The molecule has 1 aliphatic carbocycles. The zero-order valence-electron chi connectivity index (χ0n) is 15.9. The molecule has 1 aliphatic rings. The van der Waals surface area contributed by atoms with Crippen LogP contribution >= 0.6 is 81.2 Å². The van der Waals surface area contributed by atoms with Crippen molar-refractivity contribution in [2.24, 2.45) is 0 Å². The van der Waals surface area contributed by atoms with Crippen molar-refractivity contribution in [1.29, 1.82) is 0 Å². The number of aryl methyl sites for hydroxylation is 1. The summed E-state index contributed by atoms with van der Waals surface area (Å²) >= 11 is 43.9. The Bertz CT molecular complexity index is 1200. The van der Waals surface area contributed by atoms with E-state index in [9.17, 15) is 13.2 Å². The molecule has 0 fully saturated rings. The molecule has 2 N–H and O–H groups in total. The number of ketones is 1. The molecule has 13 heteroatoms. The minimum atomic E-state index is -4.40. The number of halogens is 7. The number of rotatable bonds is 5. The van der Waals surface area contributed by atoms with E-state index in [0.29, 0.717) is 10.7 Å². The summed E-state index contributed by atoms with van der Waals surface area (Å²) in [6, 6.07) is 11.9. The second kappa shape index (κ2) is 8.99. The minimum absolute atomic E-state index is 0.205. The summed E-state index contributed by atoms with van der Waals surface area (Å²) in [5.41, 5.74) is -1.13. The lowest BCUT2D eigenvalue weighted by Crippen LogP contribution is -2.73. The van der Waals surface area contributed by atoms with E-state index >= 15 is 0 Å². The van der Waals surface area contributed by atoms with Crippen molar-refractivity contribution in [3.05, 3.63) is 69.2 Å². The molecule has 2 aromatic rings. The van der Waals surface area contributed by atoms with Gasteiger partial charge in [-0.2, -0.15) is 4.72 Å². The average Bonchev–Trinajstić information content (AvgIpc) is 2.72. The van der Waals surface area contributed by atoms with Crippen molar-refractivity contribution in [3.63, 3.8) is 0 Å². The molecule has 0 spiro atoms. The fourth-order valence-electron chi connectivity index (χ4n) is 2.91. The van der Waals surface area contributed by atoms with Gasteiger partial charge in [0.1, 0.15) is 5.03 Å². The first-order chi connectivity index (χ1) is 14.7. The second-order valence-electron chi connectivity index (χ2n) is 6.91. The van der Waals surface area contributed by atoms with E-state index < -0.39 is 40.2 Å². The maximum absolute atomic E-state index is 13.3. The number of sulfonamides is 1. The molecule has 172 valence electrons. The molecule has 0 aromatic heterocycles. The molecule has 0 saturated heterocycles. The Kier molecular flexibility index (Phi) is 7.36. The third-order valence-corrected chi connectivity index (χ3v) is 9.75. The number of alkyl halides is 4. The van der Waals surface area contributed by atoms with Gasteiger partial charge in [0.2, 0.25) is 24.5 Å². The predicted molar refractivity (Wildman–Crippen MR) is 132 cm³/mol. The van der Waals surface area contributed by atoms with Gasteiger partial charge in [-0.1, -0.05) is 98.9 Å². The van der Waals surface area contributed by atoms with Gasteiger partial charge < -0.3 is 5.32 Å². The molecule has 0 heterocycles. The smallest absolute Gasteiger partial charge is 0.242 e. The fourth-order valence-corrected chi connectivity index (χ4v) is 6.35. The normalized spacial score (nSPS) is 22.7.